The fourth-order valence-corrected chi connectivity index (χ4v) is 4.81. The average Bonchev–Trinajstić information content (AvgIpc) is 3.18. The second kappa shape index (κ2) is 9.18. The summed E-state index contributed by atoms with van der Waals surface area (Å²) >= 11 is 0. The first kappa shape index (κ1) is 20.3. The summed E-state index contributed by atoms with van der Waals surface area (Å²) in [5, 5.41) is 2.49. The minimum atomic E-state index is -3.74. The van der Waals surface area contributed by atoms with E-state index in [1.54, 1.807) is 0 Å². The van der Waals surface area contributed by atoms with E-state index in [-0.39, 0.29) is 30.0 Å². The number of nitrogens with zero attached hydrogens (tertiary/aromatic N) is 1. The zero-order chi connectivity index (χ0) is 19.3. The topological polar surface area (TPSA) is 98.1 Å². The molecule has 1 aromatic rings. The Morgan fingerprint density at radius 2 is 2.00 bits per heavy atom. The first-order valence-corrected chi connectivity index (χ1v) is 11.0. The normalized spacial score (nSPS) is 24.6. The third-order valence-corrected chi connectivity index (χ3v) is 6.89. The van der Waals surface area contributed by atoms with Gasteiger partial charge in [0.05, 0.1) is 25.9 Å². The summed E-state index contributed by atoms with van der Waals surface area (Å²) in [7, 11) is -3.74. The molecular formula is C18H28N2O6S. The van der Waals surface area contributed by atoms with Gasteiger partial charge in [0.25, 0.3) is 15.9 Å². The maximum Gasteiger partial charge on any atom is 0.287 e. The molecule has 0 unspecified atom stereocenters. The Hall–Kier alpha value is -1.42. The number of ether oxygens (including phenoxy) is 2. The molecule has 2 heterocycles. The van der Waals surface area contributed by atoms with E-state index in [0.29, 0.717) is 32.3 Å². The van der Waals surface area contributed by atoms with E-state index in [1.165, 1.54) is 35.7 Å². The van der Waals surface area contributed by atoms with Crippen LogP contribution >= 0.6 is 0 Å². The van der Waals surface area contributed by atoms with E-state index in [4.69, 9.17) is 13.9 Å². The summed E-state index contributed by atoms with van der Waals surface area (Å²) in [4.78, 5) is 12.2. The Morgan fingerprint density at radius 1 is 1.26 bits per heavy atom. The molecule has 9 heteroatoms. The van der Waals surface area contributed by atoms with Crippen LogP contribution in [0.1, 0.15) is 43.2 Å². The van der Waals surface area contributed by atoms with Gasteiger partial charge in [0.1, 0.15) is 0 Å². The van der Waals surface area contributed by atoms with Crippen molar-refractivity contribution in [2.45, 2.75) is 43.8 Å². The molecule has 2 fully saturated rings. The first-order chi connectivity index (χ1) is 13.0. The highest BCUT2D eigenvalue weighted by Gasteiger charge is 2.30. The Bertz CT molecular complexity index is 726. The molecule has 2 aliphatic rings. The van der Waals surface area contributed by atoms with Crippen molar-refractivity contribution in [3.63, 3.8) is 0 Å². The van der Waals surface area contributed by atoms with Gasteiger partial charge >= 0.3 is 0 Å². The minimum absolute atomic E-state index is 0.0205. The van der Waals surface area contributed by atoms with Gasteiger partial charge in [-0.1, -0.05) is 19.8 Å². The van der Waals surface area contributed by atoms with Crippen molar-refractivity contribution >= 4 is 15.9 Å². The van der Waals surface area contributed by atoms with Gasteiger partial charge in [-0.15, -0.1) is 0 Å². The second-order valence-corrected chi connectivity index (χ2v) is 8.93. The quantitative estimate of drug-likeness (QED) is 0.699. The van der Waals surface area contributed by atoms with E-state index in [1.807, 2.05) is 0 Å². The number of sulfonamides is 1. The molecule has 3 rings (SSSR count). The second-order valence-electron chi connectivity index (χ2n) is 7.06. The van der Waals surface area contributed by atoms with Crippen LogP contribution in [0.2, 0.25) is 0 Å². The number of amides is 1. The van der Waals surface area contributed by atoms with Crippen molar-refractivity contribution < 1.29 is 27.1 Å². The summed E-state index contributed by atoms with van der Waals surface area (Å²) in [6, 6.07) is 2.70. The number of carbonyl (C=O) groups excluding carboxylic acids is 1. The van der Waals surface area contributed by atoms with Crippen LogP contribution < -0.4 is 5.32 Å². The van der Waals surface area contributed by atoms with Gasteiger partial charge in [0, 0.05) is 19.6 Å². The highest BCUT2D eigenvalue weighted by atomic mass is 32.2. The van der Waals surface area contributed by atoms with Crippen LogP contribution in [0.15, 0.2) is 21.6 Å². The maximum atomic E-state index is 12.5. The van der Waals surface area contributed by atoms with E-state index < -0.39 is 15.9 Å². The van der Waals surface area contributed by atoms with Gasteiger partial charge in [0.15, 0.2) is 5.76 Å². The van der Waals surface area contributed by atoms with Crippen molar-refractivity contribution in [3.8, 4) is 0 Å². The third-order valence-electron chi connectivity index (χ3n) is 5.12. The van der Waals surface area contributed by atoms with Crippen LogP contribution in [0.3, 0.4) is 0 Å². The number of hydrogen-bond donors (Lipinski definition) is 1. The summed E-state index contributed by atoms with van der Waals surface area (Å²) in [6.45, 7) is 4.25. The van der Waals surface area contributed by atoms with Crippen LogP contribution in [0.5, 0.6) is 0 Å². The van der Waals surface area contributed by atoms with Crippen LogP contribution in [-0.2, 0) is 19.5 Å². The molecule has 1 aliphatic carbocycles. The van der Waals surface area contributed by atoms with Crippen molar-refractivity contribution in [2.75, 3.05) is 39.5 Å². The number of rotatable bonds is 7. The van der Waals surface area contributed by atoms with Gasteiger partial charge in [-0.3, -0.25) is 4.79 Å². The zero-order valence-electron chi connectivity index (χ0n) is 15.7. The van der Waals surface area contributed by atoms with E-state index in [9.17, 15) is 13.2 Å². The highest BCUT2D eigenvalue weighted by Crippen LogP contribution is 2.26. The molecular weight excluding hydrogens is 372 g/mol. The van der Waals surface area contributed by atoms with Crippen LogP contribution in [0.25, 0.3) is 0 Å². The van der Waals surface area contributed by atoms with Crippen molar-refractivity contribution in [2.24, 2.45) is 5.92 Å². The Kier molecular flexibility index (Phi) is 6.91. The van der Waals surface area contributed by atoms with Crippen LogP contribution in [0, 0.1) is 5.92 Å². The Labute approximate surface area is 160 Å². The number of morpholine rings is 1. The SMILES string of the molecule is C[C@H]1CCCC[C@H]1OCCNC(=O)c1ccc(S(=O)(=O)N2CCOCC2)o1. The van der Waals surface area contributed by atoms with Crippen LogP contribution in [0.4, 0.5) is 0 Å². The maximum absolute atomic E-state index is 12.5. The lowest BCUT2D eigenvalue weighted by atomic mass is 9.88. The molecule has 1 saturated carbocycles. The Balaban J connectivity index is 1.48. The molecule has 152 valence electrons. The summed E-state index contributed by atoms with van der Waals surface area (Å²) < 4.78 is 42.7. The predicted molar refractivity (Wildman–Crippen MR) is 98.0 cm³/mol. The molecule has 1 amide bonds. The van der Waals surface area contributed by atoms with Crippen molar-refractivity contribution in [1.29, 1.82) is 0 Å². The largest absolute Gasteiger partial charge is 0.438 e. The van der Waals surface area contributed by atoms with Crippen molar-refractivity contribution in [3.05, 3.63) is 17.9 Å². The monoisotopic (exact) mass is 400 g/mol. The van der Waals surface area contributed by atoms with Gasteiger partial charge in [-0.05, 0) is 30.9 Å². The van der Waals surface area contributed by atoms with Crippen molar-refractivity contribution in [1.82, 2.24) is 9.62 Å². The number of furan rings is 1. The molecule has 0 spiro atoms. The Morgan fingerprint density at radius 3 is 2.74 bits per heavy atom. The lowest BCUT2D eigenvalue weighted by Crippen LogP contribution is -2.40. The van der Waals surface area contributed by atoms with Gasteiger partial charge < -0.3 is 19.2 Å². The zero-order valence-corrected chi connectivity index (χ0v) is 16.5. The third kappa shape index (κ3) is 5.10. The number of carbonyl (C=O) groups is 1. The fourth-order valence-electron chi connectivity index (χ4n) is 3.49. The fraction of sp³-hybridized carbons (Fsp3) is 0.722. The molecule has 0 bridgehead atoms. The standard InChI is InChI=1S/C18H28N2O6S/c1-14-4-2-3-5-15(14)25-11-8-19-18(21)16-6-7-17(26-16)27(22,23)20-9-12-24-13-10-20/h6-7,14-15H,2-5,8-13H2,1H3,(H,19,21)/t14-,15+/m0/s1. The molecule has 1 aliphatic heterocycles. The molecule has 1 saturated heterocycles. The van der Waals surface area contributed by atoms with Gasteiger partial charge in [-0.25, -0.2) is 8.42 Å². The molecule has 2 atom stereocenters. The average molecular weight is 400 g/mol. The lowest BCUT2D eigenvalue weighted by Gasteiger charge is -2.28. The smallest absolute Gasteiger partial charge is 0.287 e. The molecule has 8 nitrogen and oxygen atoms in total. The molecule has 0 aromatic carbocycles. The van der Waals surface area contributed by atoms with Gasteiger partial charge in [-0.2, -0.15) is 4.31 Å². The van der Waals surface area contributed by atoms with Crippen LogP contribution in [-0.4, -0.2) is 64.2 Å². The number of hydrogen-bond acceptors (Lipinski definition) is 6. The molecule has 27 heavy (non-hydrogen) atoms. The lowest BCUT2D eigenvalue weighted by molar-refractivity contribution is -0.00301. The van der Waals surface area contributed by atoms with E-state index >= 15 is 0 Å². The molecule has 1 aromatic heterocycles. The molecule has 0 radical (unpaired) electrons. The summed E-state index contributed by atoms with van der Waals surface area (Å²) in [6.07, 6.45) is 4.95. The van der Waals surface area contributed by atoms with Gasteiger partial charge in [0.2, 0.25) is 5.09 Å². The minimum Gasteiger partial charge on any atom is -0.438 e. The predicted octanol–water partition coefficient (Wildman–Crippen LogP) is 1.63. The first-order valence-electron chi connectivity index (χ1n) is 9.56. The summed E-state index contributed by atoms with van der Waals surface area (Å²) in [5.41, 5.74) is 0. The van der Waals surface area contributed by atoms with E-state index in [0.717, 1.165) is 6.42 Å². The summed E-state index contributed by atoms with van der Waals surface area (Å²) in [5.74, 6) is 0.0825. The highest BCUT2D eigenvalue weighted by molar-refractivity contribution is 7.89. The van der Waals surface area contributed by atoms with E-state index in [2.05, 4.69) is 12.2 Å². The molecule has 1 N–H and O–H groups in total. The number of nitrogens with one attached hydrogen (secondary N) is 1.